The van der Waals surface area contributed by atoms with Crippen molar-refractivity contribution in [3.8, 4) is 0 Å². The van der Waals surface area contributed by atoms with Crippen LogP contribution in [0.3, 0.4) is 0 Å². The number of allylic oxidation sites excluding steroid dienone is 3. The van der Waals surface area contributed by atoms with Crippen LogP contribution in [0.2, 0.25) is 0 Å². The van der Waals surface area contributed by atoms with Gasteiger partial charge in [-0.1, -0.05) is 65.0 Å². The number of piperazine rings is 1. The van der Waals surface area contributed by atoms with Gasteiger partial charge in [0.15, 0.2) is 0 Å². The smallest absolute Gasteiger partial charge is 0.337 e. The Morgan fingerprint density at radius 1 is 0.980 bits per heavy atom. The summed E-state index contributed by atoms with van der Waals surface area (Å²) in [6.07, 6.45) is 15.9. The standard InChI is InChI=1S/C44H65N3O2/c1-28(2)33-15-20-44(46-23-24-47-27-31-25-32(47)26-45-31)22-21-42(6)35(38(33)44)13-14-37-41(5)18-16-34(29-9-11-30(12-10-29)39(48)49-8)40(3,4)36(41)17-19-43(37,42)7/h9-12,16,31-33,35-38,45-46H,1,13-15,17-27H2,2-8H3/t31-,32-,33-,35+,36-,37+,38+,41-,42+,43+,44-/m0/s1. The van der Waals surface area contributed by atoms with E-state index in [9.17, 15) is 4.79 Å². The van der Waals surface area contributed by atoms with Gasteiger partial charge in [0.2, 0.25) is 0 Å². The van der Waals surface area contributed by atoms with Gasteiger partial charge in [0, 0.05) is 43.8 Å². The summed E-state index contributed by atoms with van der Waals surface area (Å²) in [5.74, 6) is 3.26. The zero-order chi connectivity index (χ0) is 34.6. The van der Waals surface area contributed by atoms with Gasteiger partial charge in [-0.05, 0) is 146 Å². The molecule has 0 radical (unpaired) electrons. The number of methoxy groups -OCH3 is 1. The fourth-order valence-corrected chi connectivity index (χ4v) is 14.8. The van der Waals surface area contributed by atoms with Crippen LogP contribution >= 0.6 is 0 Å². The number of likely N-dealkylation sites (tertiary alicyclic amines) is 1. The van der Waals surface area contributed by atoms with Crippen LogP contribution in [0.5, 0.6) is 0 Å². The highest BCUT2D eigenvalue weighted by Gasteiger charge is 2.70. The minimum atomic E-state index is -0.263. The van der Waals surface area contributed by atoms with Gasteiger partial charge in [0.25, 0.3) is 0 Å². The summed E-state index contributed by atoms with van der Waals surface area (Å²) in [6.45, 7) is 25.0. The van der Waals surface area contributed by atoms with E-state index in [4.69, 9.17) is 4.74 Å². The van der Waals surface area contributed by atoms with Crippen molar-refractivity contribution in [2.45, 2.75) is 123 Å². The second-order valence-electron chi connectivity index (χ2n) is 19.4. The van der Waals surface area contributed by atoms with Gasteiger partial charge in [0.05, 0.1) is 12.7 Å². The number of hydrogen-bond acceptors (Lipinski definition) is 5. The molecule has 0 amide bonds. The SMILES string of the molecule is C=C(C)[C@@H]1CC[C@]2(NCCN3C[C@@H]4C[C@H]3CN4)CC[C@]3(C)[C@H](CC[C@@H]4[C@@]5(C)CC=C(c6ccc(C(=O)OC)cc6)C(C)(C)[C@@H]5CC[C@]43C)[C@@H]12. The predicted octanol–water partition coefficient (Wildman–Crippen LogP) is 8.51. The molecule has 2 saturated heterocycles. The van der Waals surface area contributed by atoms with E-state index in [1.54, 1.807) is 0 Å². The fourth-order valence-electron chi connectivity index (χ4n) is 14.8. The Kier molecular flexibility index (Phi) is 8.21. The predicted molar refractivity (Wildman–Crippen MR) is 200 cm³/mol. The molecular formula is C44H65N3O2. The molecule has 7 aliphatic rings. The third kappa shape index (κ3) is 4.90. The van der Waals surface area contributed by atoms with E-state index in [1.807, 2.05) is 12.1 Å². The molecule has 2 aliphatic heterocycles. The molecule has 1 aromatic carbocycles. The highest BCUT2D eigenvalue weighted by molar-refractivity contribution is 5.89. The Balaban J connectivity index is 1.06. The van der Waals surface area contributed by atoms with E-state index in [2.05, 4.69) is 81.9 Å². The van der Waals surface area contributed by atoms with E-state index >= 15 is 0 Å². The quantitative estimate of drug-likeness (QED) is 0.226. The maximum atomic E-state index is 12.1. The fraction of sp³-hybridized carbons (Fsp3) is 0.750. The van der Waals surface area contributed by atoms with Crippen molar-refractivity contribution >= 4 is 11.5 Å². The highest BCUT2D eigenvalue weighted by atomic mass is 16.5. The molecule has 2 N–H and O–H groups in total. The van der Waals surface area contributed by atoms with Gasteiger partial charge in [0.1, 0.15) is 0 Å². The van der Waals surface area contributed by atoms with Crippen LogP contribution < -0.4 is 10.6 Å². The lowest BCUT2D eigenvalue weighted by atomic mass is 9.33. The van der Waals surface area contributed by atoms with Crippen LogP contribution in [-0.4, -0.2) is 61.8 Å². The minimum Gasteiger partial charge on any atom is -0.465 e. The molecule has 2 heterocycles. The molecule has 1 aromatic rings. The number of benzene rings is 1. The number of hydrogen-bond donors (Lipinski definition) is 2. The van der Waals surface area contributed by atoms with Crippen LogP contribution in [0, 0.1) is 51.2 Å². The van der Waals surface area contributed by atoms with Crippen molar-refractivity contribution in [3.05, 3.63) is 53.6 Å². The third-order valence-electron chi connectivity index (χ3n) is 17.3. The lowest BCUT2D eigenvalue weighted by Gasteiger charge is -2.72. The molecule has 0 unspecified atom stereocenters. The molecule has 4 saturated carbocycles. The van der Waals surface area contributed by atoms with E-state index in [0.29, 0.717) is 39.6 Å². The van der Waals surface area contributed by atoms with Crippen molar-refractivity contribution in [3.63, 3.8) is 0 Å². The molecule has 2 bridgehead atoms. The van der Waals surface area contributed by atoms with Crippen molar-refractivity contribution in [2.24, 2.45) is 51.2 Å². The van der Waals surface area contributed by atoms with Crippen molar-refractivity contribution in [2.75, 3.05) is 33.3 Å². The van der Waals surface area contributed by atoms with Crippen molar-refractivity contribution < 1.29 is 9.53 Å². The van der Waals surface area contributed by atoms with E-state index < -0.39 is 0 Å². The molecule has 0 spiro atoms. The first-order valence-corrected chi connectivity index (χ1v) is 20.0. The molecule has 0 aromatic heterocycles. The molecule has 5 aliphatic carbocycles. The topological polar surface area (TPSA) is 53.6 Å². The maximum absolute atomic E-state index is 12.1. The normalized spacial score (nSPS) is 45.1. The summed E-state index contributed by atoms with van der Waals surface area (Å²) in [4.78, 5) is 14.9. The second-order valence-corrected chi connectivity index (χ2v) is 19.4. The van der Waals surface area contributed by atoms with Crippen LogP contribution in [0.1, 0.15) is 122 Å². The van der Waals surface area contributed by atoms with E-state index in [0.717, 1.165) is 36.9 Å². The van der Waals surface area contributed by atoms with Crippen molar-refractivity contribution in [1.29, 1.82) is 0 Å². The van der Waals surface area contributed by atoms with E-state index in [1.165, 1.54) is 101 Å². The summed E-state index contributed by atoms with van der Waals surface area (Å²) >= 11 is 0. The minimum absolute atomic E-state index is 0.0753. The highest BCUT2D eigenvalue weighted by Crippen LogP contribution is 2.76. The molecule has 11 atom stereocenters. The maximum Gasteiger partial charge on any atom is 0.337 e. The van der Waals surface area contributed by atoms with Gasteiger partial charge in [-0.15, -0.1) is 0 Å². The zero-order valence-electron chi connectivity index (χ0n) is 31.8. The molecular weight excluding hydrogens is 603 g/mol. The molecule has 268 valence electrons. The lowest BCUT2D eigenvalue weighted by molar-refractivity contribution is -0.219. The summed E-state index contributed by atoms with van der Waals surface area (Å²) < 4.78 is 4.98. The Hall–Kier alpha value is -1.95. The lowest BCUT2D eigenvalue weighted by Crippen LogP contribution is -2.68. The van der Waals surface area contributed by atoms with Gasteiger partial charge in [-0.25, -0.2) is 4.79 Å². The Morgan fingerprint density at radius 2 is 1.76 bits per heavy atom. The summed E-state index contributed by atoms with van der Waals surface area (Å²) in [5.41, 5.74) is 6.15. The van der Waals surface area contributed by atoms with Gasteiger partial charge >= 0.3 is 5.97 Å². The number of esters is 1. The average molecular weight is 668 g/mol. The number of nitrogens with zero attached hydrogens (tertiary/aromatic N) is 1. The summed E-state index contributed by atoms with van der Waals surface area (Å²) in [5, 5.41) is 8.06. The number of fused-ring (bicyclic) bond motifs is 9. The number of carbonyl (C=O) groups excluding carboxylic acids is 1. The zero-order valence-corrected chi connectivity index (χ0v) is 31.8. The number of nitrogens with one attached hydrogen (secondary N) is 2. The third-order valence-corrected chi connectivity index (χ3v) is 17.3. The van der Waals surface area contributed by atoms with Gasteiger partial charge in [-0.3, -0.25) is 4.90 Å². The first-order valence-electron chi connectivity index (χ1n) is 20.0. The Bertz CT molecular complexity index is 1510. The number of ether oxygens (including phenoxy) is 1. The van der Waals surface area contributed by atoms with E-state index in [-0.39, 0.29) is 16.9 Å². The molecule has 6 fully saturated rings. The second kappa shape index (κ2) is 11.8. The van der Waals surface area contributed by atoms with Crippen LogP contribution in [-0.2, 0) is 4.74 Å². The van der Waals surface area contributed by atoms with Gasteiger partial charge < -0.3 is 15.4 Å². The summed E-state index contributed by atoms with van der Waals surface area (Å²) in [6, 6.07) is 9.68. The van der Waals surface area contributed by atoms with Crippen LogP contribution in [0.25, 0.3) is 5.57 Å². The number of carbonyl (C=O) groups is 1. The first-order chi connectivity index (χ1) is 23.3. The number of rotatable bonds is 7. The van der Waals surface area contributed by atoms with Gasteiger partial charge in [-0.2, -0.15) is 0 Å². The summed E-state index contributed by atoms with van der Waals surface area (Å²) in [7, 11) is 1.46. The Labute approximate surface area is 297 Å². The molecule has 49 heavy (non-hydrogen) atoms. The Morgan fingerprint density at radius 3 is 2.43 bits per heavy atom. The average Bonchev–Trinajstić information content (AvgIpc) is 3.80. The van der Waals surface area contributed by atoms with Crippen LogP contribution in [0.15, 0.2) is 42.5 Å². The largest absolute Gasteiger partial charge is 0.465 e. The first kappa shape index (κ1) is 34.2. The molecule has 5 nitrogen and oxygen atoms in total. The monoisotopic (exact) mass is 668 g/mol. The molecule has 5 heteroatoms. The van der Waals surface area contributed by atoms with Crippen molar-refractivity contribution in [1.82, 2.24) is 15.5 Å². The van der Waals surface area contributed by atoms with Crippen LogP contribution in [0.4, 0.5) is 0 Å². The molecule has 8 rings (SSSR count).